The van der Waals surface area contributed by atoms with Crippen molar-refractivity contribution >= 4 is 11.9 Å². The van der Waals surface area contributed by atoms with Crippen LogP contribution in [0.5, 0.6) is 0 Å². The molecule has 0 amide bonds. The highest BCUT2D eigenvalue weighted by Gasteiger charge is 2.65. The Morgan fingerprint density at radius 2 is 1.26 bits per heavy atom. The molecule has 0 N–H and O–H groups in total. The van der Waals surface area contributed by atoms with Crippen molar-refractivity contribution in [1.82, 2.24) is 9.80 Å². The number of piperazine rings is 2. The molecule has 2 heterocycles. The van der Waals surface area contributed by atoms with Crippen LogP contribution in [0, 0.1) is 34.5 Å². The van der Waals surface area contributed by atoms with E-state index in [9.17, 15) is 9.59 Å². The number of rotatable bonds is 4. The van der Waals surface area contributed by atoms with E-state index in [0.717, 1.165) is 80.6 Å². The highest BCUT2D eigenvalue weighted by atomic mass is 16.5. The lowest BCUT2D eigenvalue weighted by atomic mass is 9.44. The van der Waals surface area contributed by atoms with Gasteiger partial charge in [-0.25, -0.2) is 0 Å². The Kier molecular flexibility index (Phi) is 8.30. The van der Waals surface area contributed by atoms with Crippen LogP contribution in [0.1, 0.15) is 72.6 Å². The average molecular weight is 603 g/mol. The number of hydrogen-bond acceptors (Lipinski definition) is 6. The lowest BCUT2D eigenvalue weighted by molar-refractivity contribution is -0.894. The number of likely N-dealkylation sites (N-methyl/N-ethyl adjacent to an activating group) is 2. The Labute approximate surface area is 261 Å². The van der Waals surface area contributed by atoms with Crippen LogP contribution in [0.15, 0.2) is 0 Å². The van der Waals surface area contributed by atoms with Crippen molar-refractivity contribution in [2.75, 3.05) is 80.5 Å². The molecule has 2 aliphatic heterocycles. The highest BCUT2D eigenvalue weighted by Crippen LogP contribution is 2.67. The van der Waals surface area contributed by atoms with Gasteiger partial charge in [-0.1, -0.05) is 13.8 Å². The van der Waals surface area contributed by atoms with Gasteiger partial charge in [0.15, 0.2) is 0 Å². The van der Waals surface area contributed by atoms with E-state index in [1.807, 2.05) is 0 Å². The lowest BCUT2D eigenvalue weighted by Crippen LogP contribution is -2.64. The monoisotopic (exact) mass is 602 g/mol. The number of nitrogens with zero attached hydrogens (tertiary/aromatic N) is 4. The minimum absolute atomic E-state index is 0.00234. The Morgan fingerprint density at radius 1 is 0.698 bits per heavy atom. The molecule has 1 unspecified atom stereocenters. The number of carbonyl (C=O) groups is 2. The number of quaternary nitrogens is 2. The Balaban J connectivity index is 1.26. The molecule has 0 aromatic rings. The molecule has 2 saturated heterocycles. The predicted molar refractivity (Wildman–Crippen MR) is 168 cm³/mol. The molecule has 10 atom stereocenters. The van der Waals surface area contributed by atoms with E-state index in [-0.39, 0.29) is 35.0 Å². The summed E-state index contributed by atoms with van der Waals surface area (Å²) in [6.45, 7) is 17.3. The fraction of sp³-hybridized carbons (Fsp3) is 0.943. The summed E-state index contributed by atoms with van der Waals surface area (Å²) in [6.07, 6.45) is 8.22. The van der Waals surface area contributed by atoms with Crippen molar-refractivity contribution in [3.8, 4) is 0 Å². The van der Waals surface area contributed by atoms with Crippen molar-refractivity contribution < 1.29 is 28.0 Å². The maximum Gasteiger partial charge on any atom is 0.302 e. The van der Waals surface area contributed by atoms with Crippen LogP contribution in [-0.2, 0) is 19.1 Å². The Morgan fingerprint density at radius 3 is 1.81 bits per heavy atom. The number of carbonyl (C=O) groups excluding carboxylic acids is 2. The SMILES string of the molecule is CC(=O)O[C@H]1C[C@@H]2CC[C@@H]3[C@H](CC[C@]4(C)[C@@H](OC(C)=O)C(N5CC[N+](C)(C)CC5)C[C@@H]34)[C@@]2(C)C[C@@H]1N1CC[N+](C)(C)CC1. The zero-order valence-electron chi connectivity index (χ0n) is 28.6. The molecule has 6 aliphatic rings. The molecule has 0 aromatic heterocycles. The third-order valence-electron chi connectivity index (χ3n) is 14.1. The molecule has 0 spiro atoms. The number of ether oxygens (including phenoxy) is 2. The van der Waals surface area contributed by atoms with Gasteiger partial charge in [0.05, 0.1) is 54.4 Å². The summed E-state index contributed by atoms with van der Waals surface area (Å²) < 4.78 is 14.6. The smallest absolute Gasteiger partial charge is 0.302 e. The van der Waals surface area contributed by atoms with E-state index < -0.39 is 0 Å². The summed E-state index contributed by atoms with van der Waals surface area (Å²) >= 11 is 0. The van der Waals surface area contributed by atoms with Gasteiger partial charge in [-0.3, -0.25) is 19.4 Å². The van der Waals surface area contributed by atoms with Crippen molar-refractivity contribution in [2.24, 2.45) is 34.5 Å². The first kappa shape index (κ1) is 31.7. The molecule has 43 heavy (non-hydrogen) atoms. The second kappa shape index (κ2) is 11.2. The van der Waals surface area contributed by atoms with Crippen molar-refractivity contribution in [3.05, 3.63) is 0 Å². The third-order valence-corrected chi connectivity index (χ3v) is 14.1. The number of esters is 2. The quantitative estimate of drug-likeness (QED) is 0.362. The van der Waals surface area contributed by atoms with Gasteiger partial charge in [0.1, 0.15) is 12.2 Å². The van der Waals surface area contributed by atoms with E-state index >= 15 is 0 Å². The molecule has 8 nitrogen and oxygen atoms in total. The molecular weight excluding hydrogens is 540 g/mol. The molecule has 4 saturated carbocycles. The van der Waals surface area contributed by atoms with Gasteiger partial charge in [0.25, 0.3) is 0 Å². The number of hydrogen-bond donors (Lipinski definition) is 0. The molecule has 4 aliphatic carbocycles. The van der Waals surface area contributed by atoms with Crippen LogP contribution in [0.25, 0.3) is 0 Å². The van der Waals surface area contributed by atoms with Gasteiger partial charge in [0.2, 0.25) is 0 Å². The average Bonchev–Trinajstić information content (AvgIpc) is 3.20. The predicted octanol–water partition coefficient (Wildman–Crippen LogP) is 3.63. The van der Waals surface area contributed by atoms with Crippen molar-refractivity contribution in [3.63, 3.8) is 0 Å². The second-order valence-electron chi connectivity index (χ2n) is 17.5. The fourth-order valence-electron chi connectivity index (χ4n) is 11.4. The van der Waals surface area contributed by atoms with E-state index in [1.54, 1.807) is 13.8 Å². The molecule has 8 heteroatoms. The summed E-state index contributed by atoms with van der Waals surface area (Å²) in [6, 6.07) is 0.656. The molecule has 244 valence electrons. The Hall–Kier alpha value is -1.22. The topological polar surface area (TPSA) is 59.1 Å². The molecule has 6 rings (SSSR count). The van der Waals surface area contributed by atoms with Gasteiger partial charge in [-0.15, -0.1) is 0 Å². The summed E-state index contributed by atoms with van der Waals surface area (Å²) in [7, 11) is 9.36. The molecule has 6 fully saturated rings. The fourth-order valence-corrected chi connectivity index (χ4v) is 11.4. The largest absolute Gasteiger partial charge is 0.461 e. The zero-order chi connectivity index (χ0) is 30.9. The minimum atomic E-state index is -0.123. The van der Waals surface area contributed by atoms with Crippen LogP contribution in [0.2, 0.25) is 0 Å². The van der Waals surface area contributed by atoms with Crippen LogP contribution in [0.3, 0.4) is 0 Å². The van der Waals surface area contributed by atoms with Gasteiger partial charge in [0, 0.05) is 57.5 Å². The Bertz CT molecular complexity index is 1060. The molecule has 0 radical (unpaired) electrons. The van der Waals surface area contributed by atoms with E-state index in [0.29, 0.717) is 35.8 Å². The van der Waals surface area contributed by atoms with Crippen LogP contribution >= 0.6 is 0 Å². The van der Waals surface area contributed by atoms with Gasteiger partial charge in [-0.2, -0.15) is 0 Å². The van der Waals surface area contributed by atoms with Crippen LogP contribution in [-0.4, -0.2) is 136 Å². The zero-order valence-corrected chi connectivity index (χ0v) is 28.6. The van der Waals surface area contributed by atoms with E-state index in [2.05, 4.69) is 51.8 Å². The summed E-state index contributed by atoms with van der Waals surface area (Å²) in [5.41, 5.74) is 0.308. The van der Waals surface area contributed by atoms with Crippen molar-refractivity contribution in [1.29, 1.82) is 0 Å². The van der Waals surface area contributed by atoms with Crippen LogP contribution < -0.4 is 0 Å². The maximum absolute atomic E-state index is 12.5. The maximum atomic E-state index is 12.5. The summed E-state index contributed by atoms with van der Waals surface area (Å²) in [4.78, 5) is 30.2. The van der Waals surface area contributed by atoms with E-state index in [4.69, 9.17) is 9.47 Å². The summed E-state index contributed by atoms with van der Waals surface area (Å²) in [5, 5.41) is 0. The van der Waals surface area contributed by atoms with E-state index in [1.165, 1.54) is 25.7 Å². The highest BCUT2D eigenvalue weighted by molar-refractivity contribution is 5.66. The first-order valence-corrected chi connectivity index (χ1v) is 17.6. The molecular formula is C35H62N4O4+2. The van der Waals surface area contributed by atoms with Crippen LogP contribution in [0.4, 0.5) is 0 Å². The second-order valence-corrected chi connectivity index (χ2v) is 17.5. The normalized spacial score (nSPS) is 46.2. The van der Waals surface area contributed by atoms with Crippen molar-refractivity contribution in [2.45, 2.75) is 96.9 Å². The third kappa shape index (κ3) is 5.81. The van der Waals surface area contributed by atoms with Gasteiger partial charge < -0.3 is 18.4 Å². The lowest BCUT2D eigenvalue weighted by Gasteiger charge is -2.62. The first-order valence-electron chi connectivity index (χ1n) is 17.6. The van der Waals surface area contributed by atoms with Gasteiger partial charge >= 0.3 is 11.9 Å². The molecule has 0 bridgehead atoms. The minimum Gasteiger partial charge on any atom is -0.461 e. The standard InChI is InChI=1S/C35H62N4O4/c1-24(40)42-32-21-26-9-10-27-28(35(26,4)23-31(32)37-15-19-39(7,8)20-16-37)11-12-34(3)29(27)22-30(33(34)43-25(2)41)36-13-17-38(5,6)18-14-36/h26-33H,9-23H2,1-8H3/q+2/t26-,27+,28-,29-,30?,31-,32-,33-,34-,35-/m0/s1. The summed E-state index contributed by atoms with van der Waals surface area (Å²) in [5.74, 6) is 2.35. The van der Waals surface area contributed by atoms with Gasteiger partial charge in [-0.05, 0) is 74.0 Å². The number of fused-ring (bicyclic) bond motifs is 5. The molecule has 0 aromatic carbocycles. The first-order chi connectivity index (χ1) is 20.1.